The number of rotatable bonds is 3. The highest BCUT2D eigenvalue weighted by molar-refractivity contribution is 7.99. The highest BCUT2D eigenvalue weighted by atomic mass is 35.5. The van der Waals surface area contributed by atoms with Crippen LogP contribution in [0.15, 0.2) is 41.6 Å². The molecule has 10 heteroatoms. The predicted molar refractivity (Wildman–Crippen MR) is 135 cm³/mol. The number of carbonyl (C=O) groups excluding carboxylic acids is 1. The molecule has 2 N–H and O–H groups in total. The minimum absolute atomic E-state index is 0.132. The second-order valence-corrected chi connectivity index (χ2v) is 10.5. The number of anilines is 3. The van der Waals surface area contributed by atoms with E-state index in [2.05, 4.69) is 40.5 Å². The Bertz CT molecular complexity index is 1350. The van der Waals surface area contributed by atoms with Crippen LogP contribution in [0.25, 0.3) is 0 Å². The number of benzene rings is 2. The Labute approximate surface area is 211 Å². The maximum atomic E-state index is 13.1. The van der Waals surface area contributed by atoms with Gasteiger partial charge in [0.05, 0.1) is 38.8 Å². The van der Waals surface area contributed by atoms with Gasteiger partial charge in [-0.1, -0.05) is 54.9 Å². The third kappa shape index (κ3) is 3.99. The smallest absolute Gasteiger partial charge is 0.263 e. The molecule has 0 spiro atoms. The number of hydrogen-bond donors (Lipinski definition) is 2. The van der Waals surface area contributed by atoms with Gasteiger partial charge in [0.1, 0.15) is 5.03 Å². The highest BCUT2D eigenvalue weighted by Crippen LogP contribution is 2.40. The molecule has 0 fully saturated rings. The van der Waals surface area contributed by atoms with Crippen LogP contribution >= 0.6 is 35.0 Å². The van der Waals surface area contributed by atoms with E-state index >= 15 is 0 Å². The highest BCUT2D eigenvalue weighted by Gasteiger charge is 2.32. The number of nitriles is 1. The summed E-state index contributed by atoms with van der Waals surface area (Å²) in [6.07, 6.45) is 1.51. The Balaban J connectivity index is 1.44. The van der Waals surface area contributed by atoms with Crippen molar-refractivity contribution >= 4 is 58.2 Å². The molecule has 34 heavy (non-hydrogen) atoms. The maximum Gasteiger partial charge on any atom is 0.263 e. The topological polar surface area (TPSA) is 93.9 Å². The van der Waals surface area contributed by atoms with E-state index < -0.39 is 0 Å². The summed E-state index contributed by atoms with van der Waals surface area (Å²) in [6, 6.07) is 11.3. The molecule has 0 radical (unpaired) electrons. The van der Waals surface area contributed by atoms with Crippen molar-refractivity contribution in [1.82, 2.24) is 15.3 Å². The number of aromatic nitrogens is 2. The minimum Gasteiger partial charge on any atom is -0.324 e. The Morgan fingerprint density at radius 2 is 2.03 bits per heavy atom. The van der Waals surface area contributed by atoms with Gasteiger partial charge in [-0.3, -0.25) is 9.69 Å². The number of hydrogen-bond acceptors (Lipinski definition) is 7. The van der Waals surface area contributed by atoms with Crippen molar-refractivity contribution < 1.29 is 4.79 Å². The van der Waals surface area contributed by atoms with Crippen LogP contribution in [-0.4, -0.2) is 28.3 Å². The van der Waals surface area contributed by atoms with Crippen molar-refractivity contribution in [3.8, 4) is 6.07 Å². The molecule has 2 aliphatic heterocycles. The largest absolute Gasteiger partial charge is 0.324 e. The third-order valence-corrected chi connectivity index (χ3v) is 7.50. The maximum absolute atomic E-state index is 13.1. The molecule has 0 unspecified atom stereocenters. The molecule has 7 nitrogen and oxygen atoms in total. The molecule has 2 aliphatic rings. The fraction of sp³-hybridized carbons (Fsp3) is 0.250. The summed E-state index contributed by atoms with van der Waals surface area (Å²) in [5, 5.41) is 17.8. The second-order valence-electron chi connectivity index (χ2n) is 8.77. The molecule has 0 saturated heterocycles. The molecule has 3 aromatic rings. The van der Waals surface area contributed by atoms with Crippen LogP contribution < -0.4 is 15.5 Å². The van der Waals surface area contributed by atoms with E-state index in [1.54, 1.807) is 18.2 Å². The number of para-hydroxylation sites is 1. The number of fused-ring (bicyclic) bond motifs is 2. The van der Waals surface area contributed by atoms with Crippen LogP contribution in [0.4, 0.5) is 17.3 Å². The van der Waals surface area contributed by atoms with Gasteiger partial charge in [0.15, 0.2) is 0 Å². The lowest BCUT2D eigenvalue weighted by Gasteiger charge is -2.34. The fourth-order valence-corrected chi connectivity index (χ4v) is 6.00. The van der Waals surface area contributed by atoms with Gasteiger partial charge >= 0.3 is 0 Å². The molecule has 1 aromatic heterocycles. The normalized spacial score (nSPS) is 16.4. The van der Waals surface area contributed by atoms with E-state index in [-0.39, 0.29) is 11.3 Å². The molecule has 0 atom stereocenters. The van der Waals surface area contributed by atoms with Gasteiger partial charge in [0.2, 0.25) is 5.95 Å². The molecule has 0 saturated carbocycles. The summed E-state index contributed by atoms with van der Waals surface area (Å²) < 4.78 is 0. The summed E-state index contributed by atoms with van der Waals surface area (Å²) in [6.45, 7) is 5.77. The van der Waals surface area contributed by atoms with Gasteiger partial charge in [-0.2, -0.15) is 5.26 Å². The van der Waals surface area contributed by atoms with Crippen LogP contribution in [0, 0.1) is 11.3 Å². The van der Waals surface area contributed by atoms with Crippen molar-refractivity contribution in [2.45, 2.75) is 30.8 Å². The number of nitrogens with one attached hydrogen (secondary N) is 2. The van der Waals surface area contributed by atoms with Gasteiger partial charge in [0, 0.05) is 30.4 Å². The fourth-order valence-electron chi connectivity index (χ4n) is 4.45. The quantitative estimate of drug-likeness (QED) is 0.449. The number of amides is 1. The lowest BCUT2D eigenvalue weighted by molar-refractivity contribution is 0.0985. The molecule has 172 valence electrons. The number of halogens is 2. The molecular weight excluding hydrogens is 491 g/mol. The third-order valence-electron chi connectivity index (χ3n) is 5.92. The van der Waals surface area contributed by atoms with E-state index in [9.17, 15) is 10.1 Å². The van der Waals surface area contributed by atoms with E-state index in [1.807, 2.05) is 12.1 Å². The van der Waals surface area contributed by atoms with Crippen LogP contribution in [0.2, 0.25) is 10.0 Å². The van der Waals surface area contributed by atoms with Gasteiger partial charge < -0.3 is 10.6 Å². The Morgan fingerprint density at radius 1 is 1.26 bits per heavy atom. The van der Waals surface area contributed by atoms with Crippen LogP contribution in [-0.2, 0) is 12.0 Å². The SMILES string of the molecule is CC1(C)CNCc2cc(Nc3ncc4c(n3)SCN(c3c(Cl)cccc3Cl)C4=O)cc(C#N)c21. The number of nitrogens with zero attached hydrogens (tertiary/aromatic N) is 4. The molecule has 3 heterocycles. The predicted octanol–water partition coefficient (Wildman–Crippen LogP) is 5.49. The zero-order chi connectivity index (χ0) is 24.0. The monoisotopic (exact) mass is 510 g/mol. The molecule has 0 bridgehead atoms. The Kier molecular flexibility index (Phi) is 5.90. The zero-order valence-electron chi connectivity index (χ0n) is 18.4. The van der Waals surface area contributed by atoms with E-state index in [0.717, 1.165) is 23.4 Å². The molecular formula is C24H20Cl2N6OS. The lowest BCUT2D eigenvalue weighted by Crippen LogP contribution is -2.39. The van der Waals surface area contributed by atoms with Gasteiger partial charge in [0.25, 0.3) is 5.91 Å². The second kappa shape index (κ2) is 8.75. The van der Waals surface area contributed by atoms with Crippen LogP contribution in [0.3, 0.4) is 0 Å². The van der Waals surface area contributed by atoms with E-state index in [0.29, 0.717) is 50.3 Å². The number of carbonyl (C=O) groups is 1. The van der Waals surface area contributed by atoms with E-state index in [4.69, 9.17) is 23.2 Å². The van der Waals surface area contributed by atoms with Crippen molar-refractivity contribution in [3.63, 3.8) is 0 Å². The molecule has 1 amide bonds. The average molecular weight is 511 g/mol. The van der Waals surface area contributed by atoms with Crippen molar-refractivity contribution in [1.29, 1.82) is 5.26 Å². The van der Waals surface area contributed by atoms with Crippen LogP contribution in [0.5, 0.6) is 0 Å². The van der Waals surface area contributed by atoms with E-state index in [1.165, 1.54) is 22.9 Å². The summed E-state index contributed by atoms with van der Waals surface area (Å²) in [7, 11) is 0. The van der Waals surface area contributed by atoms with Gasteiger partial charge in [-0.05, 0) is 35.4 Å². The Hall–Kier alpha value is -2.83. The Morgan fingerprint density at radius 3 is 2.76 bits per heavy atom. The van der Waals surface area contributed by atoms with Gasteiger partial charge in [-0.25, -0.2) is 9.97 Å². The first-order chi connectivity index (χ1) is 16.3. The zero-order valence-corrected chi connectivity index (χ0v) is 20.8. The summed E-state index contributed by atoms with van der Waals surface area (Å²) in [4.78, 5) is 23.6. The first-order valence-electron chi connectivity index (χ1n) is 10.6. The number of thioether (sulfide) groups is 1. The summed E-state index contributed by atoms with van der Waals surface area (Å²) in [5.74, 6) is 0.420. The summed E-state index contributed by atoms with van der Waals surface area (Å²) >= 11 is 14.0. The average Bonchev–Trinajstić information content (AvgIpc) is 2.79. The molecule has 0 aliphatic carbocycles. The molecule has 2 aromatic carbocycles. The first kappa shape index (κ1) is 22.9. The van der Waals surface area contributed by atoms with Crippen molar-refractivity contribution in [2.75, 3.05) is 22.6 Å². The lowest BCUT2D eigenvalue weighted by atomic mass is 9.76. The standard InChI is InChI=1S/C24H20Cl2N6OS/c1-24(2)11-28-9-14-7-15(6-13(8-27)19(14)24)30-23-29-10-16-21(31-23)34-12-32(22(16)33)20-17(25)4-3-5-18(20)26/h3-7,10,28H,9,11-12H2,1-2H3,(H,29,30,31). The van der Waals surface area contributed by atoms with Crippen molar-refractivity contribution in [3.05, 3.63) is 68.8 Å². The van der Waals surface area contributed by atoms with Gasteiger partial charge in [-0.15, -0.1) is 0 Å². The minimum atomic E-state index is -0.260. The summed E-state index contributed by atoms with van der Waals surface area (Å²) in [5.41, 5.74) is 4.25. The van der Waals surface area contributed by atoms with Crippen LogP contribution in [0.1, 0.15) is 40.9 Å². The van der Waals surface area contributed by atoms with Crippen molar-refractivity contribution in [2.24, 2.45) is 0 Å². The molecule has 5 rings (SSSR count). The first-order valence-corrected chi connectivity index (χ1v) is 12.3.